The van der Waals surface area contributed by atoms with Crippen molar-refractivity contribution in [1.29, 1.82) is 0 Å². The molecule has 1 aromatic carbocycles. The molecule has 0 saturated heterocycles. The maximum absolute atomic E-state index is 11.1. The summed E-state index contributed by atoms with van der Waals surface area (Å²) in [6.07, 6.45) is 1.63. The van der Waals surface area contributed by atoms with E-state index in [1.165, 1.54) is 7.11 Å². The number of benzene rings is 1. The van der Waals surface area contributed by atoms with Gasteiger partial charge in [0, 0.05) is 22.9 Å². The Labute approximate surface area is 130 Å². The van der Waals surface area contributed by atoms with Gasteiger partial charge in [0.2, 0.25) is 0 Å². The minimum Gasteiger partial charge on any atom is -0.469 e. The van der Waals surface area contributed by atoms with E-state index in [0.29, 0.717) is 30.2 Å². The van der Waals surface area contributed by atoms with Crippen molar-refractivity contribution in [2.24, 2.45) is 0 Å². The molecule has 0 saturated carbocycles. The van der Waals surface area contributed by atoms with Gasteiger partial charge in [-0.3, -0.25) is 4.79 Å². The summed E-state index contributed by atoms with van der Waals surface area (Å²) in [6, 6.07) is 8.06. The van der Waals surface area contributed by atoms with Crippen molar-refractivity contribution in [3.63, 3.8) is 0 Å². The smallest absolute Gasteiger partial charge is 0.305 e. The third-order valence-electron chi connectivity index (χ3n) is 3.25. The number of fused-ring (bicyclic) bond motifs is 3. The van der Waals surface area contributed by atoms with E-state index in [1.54, 1.807) is 11.3 Å². The van der Waals surface area contributed by atoms with E-state index in [2.05, 4.69) is 20.8 Å². The third-order valence-corrected chi connectivity index (χ3v) is 4.59. The Balaban J connectivity index is 1.92. The molecule has 3 aromatic rings. The van der Waals surface area contributed by atoms with Crippen molar-refractivity contribution >= 4 is 49.2 Å². The van der Waals surface area contributed by atoms with Crippen LogP contribution in [0.15, 0.2) is 24.3 Å². The maximum Gasteiger partial charge on any atom is 0.305 e. The van der Waals surface area contributed by atoms with Crippen molar-refractivity contribution < 1.29 is 9.53 Å². The van der Waals surface area contributed by atoms with Crippen molar-refractivity contribution in [2.45, 2.75) is 19.3 Å². The summed E-state index contributed by atoms with van der Waals surface area (Å²) in [4.78, 5) is 20.9. The molecule has 2 heterocycles. The Morgan fingerprint density at radius 1 is 1.33 bits per heavy atom. The highest BCUT2D eigenvalue weighted by molar-refractivity contribution is 7.25. The van der Waals surface area contributed by atoms with E-state index in [9.17, 15) is 4.79 Å². The minimum atomic E-state index is -0.218. The van der Waals surface area contributed by atoms with Gasteiger partial charge in [-0.25, -0.2) is 9.97 Å². The highest BCUT2D eigenvalue weighted by Gasteiger charge is 2.12. The molecule has 0 aliphatic heterocycles. The molecule has 2 aromatic heterocycles. The molecule has 0 aliphatic rings. The molecule has 0 fully saturated rings. The quantitative estimate of drug-likeness (QED) is 0.538. The number of methoxy groups -OCH3 is 1. The zero-order valence-electron chi connectivity index (χ0n) is 11.4. The van der Waals surface area contributed by atoms with Crippen molar-refractivity contribution in [2.75, 3.05) is 7.11 Å². The van der Waals surface area contributed by atoms with E-state index in [-0.39, 0.29) is 5.97 Å². The van der Waals surface area contributed by atoms with Crippen LogP contribution in [0, 0.1) is 0 Å². The van der Waals surface area contributed by atoms with Gasteiger partial charge in [0.25, 0.3) is 0 Å². The topological polar surface area (TPSA) is 52.1 Å². The minimum absolute atomic E-state index is 0.218. The Bertz CT molecular complexity index is 816. The molecule has 6 heteroatoms. The molecule has 0 bridgehead atoms. The molecular weight excluding hydrogens is 308 g/mol. The van der Waals surface area contributed by atoms with Crippen molar-refractivity contribution in [3.05, 3.63) is 35.2 Å². The number of hydrogen-bond donors (Lipinski definition) is 0. The van der Waals surface area contributed by atoms with Crippen LogP contribution < -0.4 is 0 Å². The van der Waals surface area contributed by atoms with Crippen LogP contribution in [-0.2, 0) is 16.0 Å². The first kappa shape index (κ1) is 14.2. The van der Waals surface area contributed by atoms with Gasteiger partial charge in [-0.05, 0) is 12.5 Å². The number of thiophene rings is 1. The van der Waals surface area contributed by atoms with Crippen LogP contribution in [0.1, 0.15) is 18.7 Å². The molecule has 0 radical (unpaired) electrons. The van der Waals surface area contributed by atoms with Crippen LogP contribution in [-0.4, -0.2) is 23.0 Å². The second kappa shape index (κ2) is 5.95. The lowest BCUT2D eigenvalue weighted by molar-refractivity contribution is -0.140. The molecule has 4 nitrogen and oxygen atoms in total. The van der Waals surface area contributed by atoms with Gasteiger partial charge in [0.05, 0.1) is 12.5 Å². The number of carbonyl (C=O) groups excluding carboxylic acids is 1. The third kappa shape index (κ3) is 2.84. The van der Waals surface area contributed by atoms with E-state index in [1.807, 2.05) is 18.2 Å². The Morgan fingerprint density at radius 3 is 2.95 bits per heavy atom. The number of aryl methyl sites for hydroxylation is 1. The lowest BCUT2D eigenvalue weighted by atomic mass is 10.2. The van der Waals surface area contributed by atoms with Crippen LogP contribution in [0.4, 0.5) is 0 Å². The highest BCUT2D eigenvalue weighted by Crippen LogP contribution is 2.35. The predicted octanol–water partition coefficient (Wildman–Crippen LogP) is 3.99. The Kier molecular flexibility index (Phi) is 4.03. The highest BCUT2D eigenvalue weighted by atomic mass is 35.5. The normalized spacial score (nSPS) is 11.1. The maximum atomic E-state index is 11.1. The molecule has 0 N–H and O–H groups in total. The SMILES string of the molecule is COC(=O)CCCc1nc(Cl)c2c(n1)sc1ccccc12. The molecule has 21 heavy (non-hydrogen) atoms. The molecule has 0 amide bonds. The van der Waals surface area contributed by atoms with Crippen LogP contribution in [0.25, 0.3) is 20.3 Å². The fourth-order valence-electron chi connectivity index (χ4n) is 2.23. The summed E-state index contributed by atoms with van der Waals surface area (Å²) < 4.78 is 5.77. The number of ether oxygens (including phenoxy) is 1. The molecule has 0 aliphatic carbocycles. The number of halogens is 1. The van der Waals surface area contributed by atoms with Crippen LogP contribution in [0.2, 0.25) is 5.15 Å². The first-order valence-corrected chi connectivity index (χ1v) is 7.79. The van der Waals surface area contributed by atoms with Gasteiger partial charge in [0.1, 0.15) is 15.8 Å². The average molecular weight is 321 g/mol. The largest absolute Gasteiger partial charge is 0.469 e. The van der Waals surface area contributed by atoms with Gasteiger partial charge < -0.3 is 4.74 Å². The lowest BCUT2D eigenvalue weighted by Gasteiger charge is -2.02. The summed E-state index contributed by atoms with van der Waals surface area (Å²) in [5.41, 5.74) is 0. The van der Waals surface area contributed by atoms with E-state index in [4.69, 9.17) is 11.6 Å². The van der Waals surface area contributed by atoms with Crippen molar-refractivity contribution in [3.8, 4) is 0 Å². The van der Waals surface area contributed by atoms with Gasteiger partial charge in [0.15, 0.2) is 0 Å². The van der Waals surface area contributed by atoms with Gasteiger partial charge in [-0.1, -0.05) is 29.8 Å². The number of carbonyl (C=O) groups is 1. The van der Waals surface area contributed by atoms with Crippen molar-refractivity contribution in [1.82, 2.24) is 9.97 Å². The molecule has 0 unspecified atom stereocenters. The summed E-state index contributed by atoms with van der Waals surface area (Å²) >= 11 is 7.92. The van der Waals surface area contributed by atoms with E-state index in [0.717, 1.165) is 20.3 Å². The second-order valence-corrected chi connectivity index (χ2v) is 6.03. The average Bonchev–Trinajstić information content (AvgIpc) is 2.85. The number of nitrogens with zero attached hydrogens (tertiary/aromatic N) is 2. The standard InChI is InChI=1S/C15H13ClN2O2S/c1-20-12(19)8-4-7-11-17-14(16)13-9-5-2-3-6-10(9)21-15(13)18-11/h2-3,5-6H,4,7-8H2,1H3. The number of esters is 1. The summed E-state index contributed by atoms with van der Waals surface area (Å²) in [6.45, 7) is 0. The monoisotopic (exact) mass is 320 g/mol. The molecule has 0 atom stereocenters. The van der Waals surface area contributed by atoms with Crippen LogP contribution in [0.3, 0.4) is 0 Å². The Hall–Kier alpha value is -1.72. The van der Waals surface area contributed by atoms with Crippen LogP contribution in [0.5, 0.6) is 0 Å². The Morgan fingerprint density at radius 2 is 2.14 bits per heavy atom. The molecule has 0 spiro atoms. The van der Waals surface area contributed by atoms with Gasteiger partial charge >= 0.3 is 5.97 Å². The van der Waals surface area contributed by atoms with E-state index < -0.39 is 0 Å². The van der Waals surface area contributed by atoms with Gasteiger partial charge in [-0.15, -0.1) is 11.3 Å². The fourth-order valence-corrected chi connectivity index (χ4v) is 3.67. The first-order chi connectivity index (χ1) is 10.2. The number of hydrogen-bond acceptors (Lipinski definition) is 5. The summed E-state index contributed by atoms with van der Waals surface area (Å²) in [5.74, 6) is 0.451. The summed E-state index contributed by atoms with van der Waals surface area (Å²) in [7, 11) is 1.39. The summed E-state index contributed by atoms with van der Waals surface area (Å²) in [5, 5.41) is 2.48. The first-order valence-electron chi connectivity index (χ1n) is 6.59. The van der Waals surface area contributed by atoms with Crippen LogP contribution >= 0.6 is 22.9 Å². The molecule has 108 valence electrons. The predicted molar refractivity (Wildman–Crippen MR) is 84.9 cm³/mol. The second-order valence-electron chi connectivity index (χ2n) is 4.64. The molecular formula is C15H13ClN2O2S. The lowest BCUT2D eigenvalue weighted by Crippen LogP contribution is -2.02. The molecule has 3 rings (SSSR count). The zero-order valence-corrected chi connectivity index (χ0v) is 13.0. The number of rotatable bonds is 4. The van der Waals surface area contributed by atoms with Gasteiger partial charge in [-0.2, -0.15) is 0 Å². The number of aromatic nitrogens is 2. The van der Waals surface area contributed by atoms with E-state index >= 15 is 0 Å². The fraction of sp³-hybridized carbons (Fsp3) is 0.267. The zero-order chi connectivity index (χ0) is 14.8.